The fraction of sp³-hybridized carbons (Fsp3) is 0.500. The first-order valence-corrected chi connectivity index (χ1v) is 11.9. The highest BCUT2D eigenvalue weighted by Gasteiger charge is 2.34. The fourth-order valence-corrected chi connectivity index (χ4v) is 5.63. The maximum atomic E-state index is 14.0. The Morgan fingerprint density at radius 1 is 1.19 bits per heavy atom. The van der Waals surface area contributed by atoms with Crippen molar-refractivity contribution in [1.82, 2.24) is 14.7 Å². The molecule has 3 heterocycles. The highest BCUT2D eigenvalue weighted by molar-refractivity contribution is 7.10. The zero-order valence-electron chi connectivity index (χ0n) is 18.4. The molecule has 2 aliphatic heterocycles. The predicted molar refractivity (Wildman–Crippen MR) is 120 cm³/mol. The van der Waals surface area contributed by atoms with Crippen LogP contribution in [-0.2, 0) is 16.0 Å². The summed E-state index contributed by atoms with van der Waals surface area (Å²) in [5.74, 6) is -0.0776. The van der Waals surface area contributed by atoms with Gasteiger partial charge in [0.15, 0.2) is 0 Å². The molecule has 31 heavy (non-hydrogen) atoms. The van der Waals surface area contributed by atoms with Crippen LogP contribution in [0.25, 0.3) is 0 Å². The van der Waals surface area contributed by atoms with Crippen LogP contribution in [0, 0.1) is 11.7 Å². The number of hydrogen-bond donors (Lipinski definition) is 0. The Morgan fingerprint density at radius 3 is 2.71 bits per heavy atom. The number of thiophene rings is 1. The van der Waals surface area contributed by atoms with E-state index in [9.17, 15) is 14.0 Å². The molecule has 2 aromatic rings. The van der Waals surface area contributed by atoms with Crippen molar-refractivity contribution in [2.45, 2.75) is 39.3 Å². The van der Waals surface area contributed by atoms with E-state index < -0.39 is 0 Å². The molecule has 5 nitrogen and oxygen atoms in total. The van der Waals surface area contributed by atoms with Gasteiger partial charge in [0.2, 0.25) is 11.8 Å². The van der Waals surface area contributed by atoms with E-state index in [4.69, 9.17) is 0 Å². The largest absolute Gasteiger partial charge is 0.338 e. The van der Waals surface area contributed by atoms with Crippen molar-refractivity contribution in [2.24, 2.45) is 5.92 Å². The number of hydrogen-bond acceptors (Lipinski definition) is 4. The van der Waals surface area contributed by atoms with Crippen LogP contribution in [0.5, 0.6) is 0 Å². The molecule has 0 N–H and O–H groups in total. The van der Waals surface area contributed by atoms with E-state index in [1.807, 2.05) is 36.6 Å². The third-order valence-electron chi connectivity index (χ3n) is 6.33. The second-order valence-electron chi connectivity index (χ2n) is 8.85. The molecule has 1 aromatic carbocycles. The smallest absolute Gasteiger partial charge is 0.236 e. The minimum Gasteiger partial charge on any atom is -0.338 e. The standard InChI is InChI=1S/C24H30FN3O2S/c1-16(2)24(30)28-11-10-26(14-17(28)3)22(29)15-27-9-7-21-20(8-12-31-21)23(27)18-5-4-6-19(25)13-18/h4-6,8,12-13,16-17,23H,7,9-11,14-15H2,1-3H3/t17-,23+/m1/s1. The number of benzene rings is 1. The van der Waals surface area contributed by atoms with Gasteiger partial charge < -0.3 is 9.80 Å². The number of halogens is 1. The maximum Gasteiger partial charge on any atom is 0.236 e. The average molecular weight is 444 g/mol. The molecule has 2 aliphatic rings. The highest BCUT2D eigenvalue weighted by Crippen LogP contribution is 2.37. The lowest BCUT2D eigenvalue weighted by molar-refractivity contribution is -0.145. The molecule has 0 unspecified atom stereocenters. The Hall–Kier alpha value is -2.25. The van der Waals surface area contributed by atoms with E-state index in [-0.39, 0.29) is 35.6 Å². The third kappa shape index (κ3) is 4.53. The van der Waals surface area contributed by atoms with Crippen molar-refractivity contribution < 1.29 is 14.0 Å². The van der Waals surface area contributed by atoms with E-state index in [2.05, 4.69) is 16.3 Å². The van der Waals surface area contributed by atoms with Gasteiger partial charge in [-0.05, 0) is 48.1 Å². The van der Waals surface area contributed by atoms with Crippen molar-refractivity contribution >= 4 is 23.2 Å². The number of fused-ring (bicyclic) bond motifs is 1. The lowest BCUT2D eigenvalue weighted by Gasteiger charge is -2.42. The van der Waals surface area contributed by atoms with E-state index in [0.717, 1.165) is 18.5 Å². The first-order valence-electron chi connectivity index (χ1n) is 11.0. The quantitative estimate of drug-likeness (QED) is 0.726. The van der Waals surface area contributed by atoms with Crippen LogP contribution in [-0.4, -0.2) is 65.3 Å². The Bertz CT molecular complexity index is 960. The highest BCUT2D eigenvalue weighted by atomic mass is 32.1. The van der Waals surface area contributed by atoms with Gasteiger partial charge in [-0.25, -0.2) is 4.39 Å². The van der Waals surface area contributed by atoms with Gasteiger partial charge in [-0.1, -0.05) is 26.0 Å². The number of carbonyl (C=O) groups excluding carboxylic acids is 2. The summed E-state index contributed by atoms with van der Waals surface area (Å²) in [4.78, 5) is 32.9. The van der Waals surface area contributed by atoms with Gasteiger partial charge in [0.05, 0.1) is 12.6 Å². The lowest BCUT2D eigenvalue weighted by atomic mass is 9.93. The van der Waals surface area contributed by atoms with E-state index in [1.165, 1.54) is 16.5 Å². The van der Waals surface area contributed by atoms with E-state index in [1.54, 1.807) is 23.5 Å². The second-order valence-corrected chi connectivity index (χ2v) is 9.85. The van der Waals surface area contributed by atoms with Crippen molar-refractivity contribution in [3.63, 3.8) is 0 Å². The van der Waals surface area contributed by atoms with Gasteiger partial charge in [-0.15, -0.1) is 11.3 Å². The minimum atomic E-state index is -0.258. The molecule has 0 aliphatic carbocycles. The van der Waals surface area contributed by atoms with Gasteiger partial charge in [0, 0.05) is 43.0 Å². The van der Waals surface area contributed by atoms with Crippen molar-refractivity contribution in [1.29, 1.82) is 0 Å². The monoisotopic (exact) mass is 443 g/mol. The normalized spacial score (nSPS) is 22.0. The van der Waals surface area contributed by atoms with Crippen molar-refractivity contribution in [3.05, 3.63) is 57.5 Å². The summed E-state index contributed by atoms with van der Waals surface area (Å²) in [6.07, 6.45) is 0.902. The number of amides is 2. The van der Waals surface area contributed by atoms with Gasteiger partial charge in [-0.2, -0.15) is 0 Å². The van der Waals surface area contributed by atoms with Crippen molar-refractivity contribution in [2.75, 3.05) is 32.7 Å². The maximum absolute atomic E-state index is 14.0. The molecule has 4 rings (SSSR count). The number of nitrogens with zero attached hydrogens (tertiary/aromatic N) is 3. The summed E-state index contributed by atoms with van der Waals surface area (Å²) in [6, 6.07) is 8.70. The van der Waals surface area contributed by atoms with Crippen LogP contribution in [0.2, 0.25) is 0 Å². The SMILES string of the molecule is CC(C)C(=O)N1CCN(C(=O)CN2CCc3sccc3[C@@H]2c2cccc(F)c2)C[C@H]1C. The fourth-order valence-electron chi connectivity index (χ4n) is 4.72. The van der Waals surface area contributed by atoms with Crippen molar-refractivity contribution in [3.8, 4) is 0 Å². The van der Waals surface area contributed by atoms with Crippen LogP contribution in [0.15, 0.2) is 35.7 Å². The summed E-state index contributed by atoms with van der Waals surface area (Å²) in [7, 11) is 0. The molecular formula is C24H30FN3O2S. The Morgan fingerprint density at radius 2 is 2.00 bits per heavy atom. The molecule has 1 fully saturated rings. The van der Waals surface area contributed by atoms with Gasteiger partial charge in [0.25, 0.3) is 0 Å². The topological polar surface area (TPSA) is 43.9 Å². The average Bonchev–Trinajstić information content (AvgIpc) is 3.21. The van der Waals surface area contributed by atoms with Crippen LogP contribution in [0.1, 0.15) is 42.8 Å². The van der Waals surface area contributed by atoms with Crippen LogP contribution >= 0.6 is 11.3 Å². The summed E-state index contributed by atoms with van der Waals surface area (Å²) >= 11 is 1.73. The van der Waals surface area contributed by atoms with Crippen LogP contribution < -0.4 is 0 Å². The molecule has 0 spiro atoms. The molecule has 7 heteroatoms. The first-order chi connectivity index (χ1) is 14.8. The summed E-state index contributed by atoms with van der Waals surface area (Å²) < 4.78 is 14.0. The first kappa shape index (κ1) is 22.0. The molecular weight excluding hydrogens is 413 g/mol. The third-order valence-corrected chi connectivity index (χ3v) is 7.32. The molecule has 0 radical (unpaired) electrons. The summed E-state index contributed by atoms with van der Waals surface area (Å²) in [5, 5.41) is 2.08. The molecule has 2 atom stereocenters. The Labute approximate surface area is 187 Å². The molecule has 1 saturated heterocycles. The second kappa shape index (κ2) is 9.09. The van der Waals surface area contributed by atoms with Gasteiger partial charge in [-0.3, -0.25) is 14.5 Å². The molecule has 0 saturated carbocycles. The zero-order chi connectivity index (χ0) is 22.1. The number of piperazine rings is 1. The summed E-state index contributed by atoms with van der Waals surface area (Å²) in [5.41, 5.74) is 2.06. The number of rotatable bonds is 4. The minimum absolute atomic E-state index is 0.0106. The number of carbonyl (C=O) groups is 2. The van der Waals surface area contributed by atoms with E-state index >= 15 is 0 Å². The van der Waals surface area contributed by atoms with Gasteiger partial charge in [0.1, 0.15) is 5.82 Å². The zero-order valence-corrected chi connectivity index (χ0v) is 19.2. The van der Waals surface area contributed by atoms with E-state index in [0.29, 0.717) is 26.2 Å². The molecule has 166 valence electrons. The van der Waals surface area contributed by atoms with Gasteiger partial charge >= 0.3 is 0 Å². The lowest BCUT2D eigenvalue weighted by Crippen LogP contribution is -2.57. The Kier molecular flexibility index (Phi) is 6.44. The molecule has 0 bridgehead atoms. The Balaban J connectivity index is 1.49. The molecule has 1 aromatic heterocycles. The summed E-state index contributed by atoms with van der Waals surface area (Å²) in [6.45, 7) is 8.58. The molecule has 2 amide bonds. The van der Waals surface area contributed by atoms with Crippen LogP contribution in [0.3, 0.4) is 0 Å². The van der Waals surface area contributed by atoms with Crippen LogP contribution in [0.4, 0.5) is 4.39 Å². The predicted octanol–water partition coefficient (Wildman–Crippen LogP) is 3.55.